The van der Waals surface area contributed by atoms with Gasteiger partial charge in [-0.2, -0.15) is 0 Å². The van der Waals surface area contributed by atoms with Gasteiger partial charge in [0.05, 0.1) is 33.4 Å². The number of pyridine rings is 1. The minimum atomic E-state index is -0.195. The zero-order valence-corrected chi connectivity index (χ0v) is 45.5. The first-order chi connectivity index (χ1) is 35.7. The Morgan fingerprint density at radius 2 is 1.00 bits per heavy atom. The fraction of sp³-hybridized carbons (Fsp3) is 0.229. The zero-order valence-electron chi connectivity index (χ0n) is 45.5. The molecule has 5 heteroatoms. The molecule has 5 nitrogen and oxygen atoms in total. The molecule has 0 bridgehead atoms. The van der Waals surface area contributed by atoms with Crippen molar-refractivity contribution < 1.29 is 9.30 Å². The van der Waals surface area contributed by atoms with Crippen LogP contribution in [0.5, 0.6) is 11.5 Å². The first-order valence-corrected chi connectivity index (χ1v) is 26.5. The topological polar surface area (TPSA) is 35.9 Å². The number of ether oxygens (including phenoxy) is 1. The number of imidazole rings is 1. The number of hydrogen-bond acceptors (Lipinski definition) is 2. The van der Waals surface area contributed by atoms with Crippen LogP contribution < -0.4 is 9.30 Å². The van der Waals surface area contributed by atoms with Gasteiger partial charge in [0, 0.05) is 23.0 Å². The van der Waals surface area contributed by atoms with Crippen LogP contribution in [0.2, 0.25) is 0 Å². The van der Waals surface area contributed by atoms with Gasteiger partial charge in [-0.15, -0.1) is 0 Å². The lowest BCUT2D eigenvalue weighted by atomic mass is 9.78. The molecule has 0 saturated heterocycles. The van der Waals surface area contributed by atoms with Gasteiger partial charge in [0.15, 0.2) is 0 Å². The quantitative estimate of drug-likeness (QED) is 0.127. The highest BCUT2D eigenvalue weighted by molar-refractivity contribution is 6.09. The van der Waals surface area contributed by atoms with E-state index in [0.717, 1.165) is 67.3 Å². The van der Waals surface area contributed by atoms with Crippen LogP contribution >= 0.6 is 0 Å². The lowest BCUT2D eigenvalue weighted by molar-refractivity contribution is -0.572. The van der Waals surface area contributed by atoms with Crippen LogP contribution in [-0.4, -0.2) is 14.1 Å². The van der Waals surface area contributed by atoms with E-state index in [4.69, 9.17) is 9.72 Å². The normalized spacial score (nSPS) is 12.8. The monoisotopic (exact) mass is 979 g/mol. The third kappa shape index (κ3) is 8.34. The molecule has 0 unspecified atom stereocenters. The van der Waals surface area contributed by atoms with E-state index in [2.05, 4.69) is 279 Å². The Kier molecular flexibility index (Phi) is 11.0. The SMILES string of the molecule is CC(C)(C)c1cc(-c2cc3c4c(c2)n(-c2cccc(Oc5ccc6c7ccccc7n(-c7cc(C(C)(C)C)ccn7)c6c5)c2)[c-][n+]4-c2c(cccc2C(C)(C)C)-c2ccccc2-c2ccccc2-3)cc(C(C)(C)C)c1. The van der Waals surface area contributed by atoms with Crippen molar-refractivity contribution in [3.63, 3.8) is 0 Å². The summed E-state index contributed by atoms with van der Waals surface area (Å²) in [7, 11) is 0. The Morgan fingerprint density at radius 1 is 0.427 bits per heavy atom. The molecule has 11 aromatic rings. The first-order valence-electron chi connectivity index (χ1n) is 26.5. The lowest BCUT2D eigenvalue weighted by Gasteiger charge is -2.27. The van der Waals surface area contributed by atoms with Gasteiger partial charge in [0.1, 0.15) is 17.3 Å². The van der Waals surface area contributed by atoms with Gasteiger partial charge in [0.2, 0.25) is 0 Å². The summed E-state index contributed by atoms with van der Waals surface area (Å²) in [5.74, 6) is 2.35. The number of para-hydroxylation sites is 2. The van der Waals surface area contributed by atoms with Gasteiger partial charge in [-0.05, 0) is 143 Å². The number of rotatable bonds is 5. The van der Waals surface area contributed by atoms with E-state index in [0.29, 0.717) is 0 Å². The third-order valence-electron chi connectivity index (χ3n) is 15.3. The summed E-state index contributed by atoms with van der Waals surface area (Å²) in [5.41, 5.74) is 20.6. The number of aromatic nitrogens is 4. The lowest BCUT2D eigenvalue weighted by Crippen LogP contribution is -2.35. The van der Waals surface area contributed by atoms with Crippen molar-refractivity contribution in [3.8, 4) is 73.2 Å². The Bertz CT molecular complexity index is 4050. The van der Waals surface area contributed by atoms with Crippen LogP contribution in [0.25, 0.3) is 94.5 Å². The van der Waals surface area contributed by atoms with Gasteiger partial charge in [-0.1, -0.05) is 198 Å². The van der Waals surface area contributed by atoms with Crippen LogP contribution in [0.3, 0.4) is 0 Å². The predicted molar refractivity (Wildman–Crippen MR) is 312 cm³/mol. The van der Waals surface area contributed by atoms with E-state index in [1.807, 2.05) is 6.20 Å². The highest BCUT2D eigenvalue weighted by Gasteiger charge is 2.30. The van der Waals surface area contributed by atoms with Crippen molar-refractivity contribution in [1.82, 2.24) is 14.1 Å². The summed E-state index contributed by atoms with van der Waals surface area (Å²) in [6.45, 7) is 27.6. The van der Waals surface area contributed by atoms with Crippen LogP contribution in [0.1, 0.15) is 105 Å². The number of nitrogens with zero attached hydrogens (tertiary/aromatic N) is 4. The Labute approximate surface area is 442 Å². The van der Waals surface area contributed by atoms with Gasteiger partial charge in [-0.25, -0.2) is 4.98 Å². The zero-order chi connectivity index (χ0) is 52.3. The molecule has 0 radical (unpaired) electrons. The Hall–Kier alpha value is -8.02. The summed E-state index contributed by atoms with van der Waals surface area (Å²) in [5, 5.41) is 2.32. The van der Waals surface area contributed by atoms with Crippen molar-refractivity contribution in [3.05, 3.63) is 211 Å². The van der Waals surface area contributed by atoms with E-state index in [9.17, 15) is 0 Å². The van der Waals surface area contributed by atoms with Crippen molar-refractivity contribution in [2.75, 3.05) is 0 Å². The fourth-order valence-corrected chi connectivity index (χ4v) is 11.2. The molecule has 12 rings (SSSR count). The second-order valence-electron chi connectivity index (χ2n) is 24.8. The highest BCUT2D eigenvalue weighted by atomic mass is 16.5. The molecule has 4 heterocycles. The van der Waals surface area contributed by atoms with Gasteiger partial charge in [-0.3, -0.25) is 13.7 Å². The second kappa shape index (κ2) is 17.3. The number of benzene rings is 8. The average molecular weight is 979 g/mol. The minimum absolute atomic E-state index is 0.0303. The van der Waals surface area contributed by atoms with Crippen LogP contribution in [0, 0.1) is 6.33 Å². The third-order valence-corrected chi connectivity index (χ3v) is 15.3. The van der Waals surface area contributed by atoms with E-state index in [1.54, 1.807) is 0 Å². The van der Waals surface area contributed by atoms with Gasteiger partial charge >= 0.3 is 0 Å². The molecule has 0 atom stereocenters. The largest absolute Gasteiger partial charge is 0.458 e. The number of fused-ring (bicyclic) bond motifs is 10. The predicted octanol–water partition coefficient (Wildman–Crippen LogP) is 18.2. The second-order valence-corrected chi connectivity index (χ2v) is 24.8. The summed E-state index contributed by atoms with van der Waals surface area (Å²) in [4.78, 5) is 4.94. The summed E-state index contributed by atoms with van der Waals surface area (Å²) in [6, 6.07) is 64.7. The molecule has 0 spiro atoms. The smallest absolute Gasteiger partial charge is 0.269 e. The van der Waals surface area contributed by atoms with Crippen LogP contribution in [0.15, 0.2) is 182 Å². The van der Waals surface area contributed by atoms with E-state index in [-0.39, 0.29) is 21.7 Å². The van der Waals surface area contributed by atoms with E-state index in [1.165, 1.54) is 61.0 Å². The molecule has 3 aromatic heterocycles. The van der Waals surface area contributed by atoms with Crippen molar-refractivity contribution in [2.45, 2.75) is 105 Å². The molecule has 0 amide bonds. The Morgan fingerprint density at radius 3 is 1.67 bits per heavy atom. The number of hydrogen-bond donors (Lipinski definition) is 0. The molecule has 0 N–H and O–H groups in total. The molecule has 0 saturated carbocycles. The maximum Gasteiger partial charge on any atom is 0.269 e. The summed E-state index contributed by atoms with van der Waals surface area (Å²) in [6.07, 6.45) is 5.99. The van der Waals surface area contributed by atoms with Crippen molar-refractivity contribution >= 4 is 32.8 Å². The molecule has 372 valence electrons. The highest BCUT2D eigenvalue weighted by Crippen LogP contribution is 2.47. The molecule has 75 heavy (non-hydrogen) atoms. The maximum atomic E-state index is 6.97. The average Bonchev–Trinajstić information content (AvgIpc) is 3.96. The maximum absolute atomic E-state index is 6.97. The summed E-state index contributed by atoms with van der Waals surface area (Å²) >= 11 is 0. The van der Waals surface area contributed by atoms with Crippen LogP contribution in [0.4, 0.5) is 0 Å². The standard InChI is InChI=1S/C70H66N4O/c1-67(2,3)46-33-34-71-64(40-46)74-61-30-18-17-27-56(61)57-32-31-51(42-62(57)74)75-50-22-19-21-49(41-50)72-43-73-65-58(28-20-29-60(65)70(10,11)12)54-25-15-13-23-52(54)53-24-14-16-26-55(53)59-37-45(38-63(72)66(59)73)44-35-47(68(4,5)6)39-48(36-44)69(7,8)9/h13-42H,1-12H3. The van der Waals surface area contributed by atoms with Gasteiger partial charge < -0.3 is 4.74 Å². The molecule has 1 aliphatic heterocycles. The van der Waals surface area contributed by atoms with E-state index >= 15 is 0 Å². The van der Waals surface area contributed by atoms with Crippen LogP contribution in [-0.2, 0) is 21.7 Å². The molecular weight excluding hydrogens is 913 g/mol. The molecule has 8 aromatic carbocycles. The van der Waals surface area contributed by atoms with Crippen molar-refractivity contribution in [1.29, 1.82) is 0 Å². The molecule has 1 aliphatic rings. The van der Waals surface area contributed by atoms with E-state index < -0.39 is 0 Å². The van der Waals surface area contributed by atoms with Crippen molar-refractivity contribution in [2.24, 2.45) is 0 Å². The van der Waals surface area contributed by atoms with Gasteiger partial charge in [0.25, 0.3) is 6.33 Å². The molecular formula is C70H66N4O. The first kappa shape index (κ1) is 48.0. The minimum Gasteiger partial charge on any atom is -0.458 e. The fourth-order valence-electron chi connectivity index (χ4n) is 11.2. The Balaban J connectivity index is 1.11. The molecule has 0 fully saturated rings. The summed E-state index contributed by atoms with van der Waals surface area (Å²) < 4.78 is 13.9. The molecule has 0 aliphatic carbocycles.